The number of rotatable bonds is 1. The van der Waals surface area contributed by atoms with Crippen LogP contribution in [0.1, 0.15) is 16.9 Å². The molecule has 0 aliphatic rings. The van der Waals surface area contributed by atoms with Gasteiger partial charge in [-0.3, -0.25) is 0 Å². The third kappa shape index (κ3) is 2.29. The van der Waals surface area contributed by atoms with Crippen molar-refractivity contribution in [3.05, 3.63) is 41.2 Å². The molecule has 7 heteroatoms. The van der Waals surface area contributed by atoms with Gasteiger partial charge >= 0.3 is 6.18 Å². The Kier molecular flexibility index (Phi) is 3.13. The van der Waals surface area contributed by atoms with Crippen LogP contribution in [0.5, 0.6) is 5.75 Å². The molecule has 4 nitrogen and oxygen atoms in total. The maximum absolute atomic E-state index is 12.8. The Balaban J connectivity index is 2.71. The van der Waals surface area contributed by atoms with Gasteiger partial charge in [-0.2, -0.15) is 23.7 Å². The number of halogens is 3. The van der Waals surface area contributed by atoms with Crippen molar-refractivity contribution in [1.29, 1.82) is 10.5 Å². The van der Waals surface area contributed by atoms with E-state index in [9.17, 15) is 18.3 Å². The molecule has 0 spiro atoms. The van der Waals surface area contributed by atoms with Crippen LogP contribution in [0.25, 0.3) is 11.3 Å². The number of benzene rings is 1. The third-order valence-corrected chi connectivity index (χ3v) is 2.53. The Morgan fingerprint density at radius 1 is 1.10 bits per heavy atom. The molecule has 20 heavy (non-hydrogen) atoms. The molecule has 1 heterocycles. The lowest BCUT2D eigenvalue weighted by atomic mass is 10.0. The highest BCUT2D eigenvalue weighted by atomic mass is 19.4. The van der Waals surface area contributed by atoms with E-state index in [0.717, 1.165) is 6.07 Å². The highest BCUT2D eigenvalue weighted by Gasteiger charge is 2.36. The second-order valence-corrected chi connectivity index (χ2v) is 3.81. The van der Waals surface area contributed by atoms with Crippen LogP contribution in [-0.2, 0) is 6.18 Å². The van der Waals surface area contributed by atoms with Crippen LogP contribution in [-0.4, -0.2) is 5.11 Å². The van der Waals surface area contributed by atoms with Gasteiger partial charge in [-0.15, -0.1) is 0 Å². The zero-order valence-corrected chi connectivity index (χ0v) is 9.69. The van der Waals surface area contributed by atoms with E-state index in [2.05, 4.69) is 0 Å². The SMILES string of the molecule is N#Cc1cc(-c2ccc(C#N)o2)c(O)c(C(F)(F)F)c1. The fourth-order valence-corrected chi connectivity index (χ4v) is 1.65. The second kappa shape index (κ2) is 4.63. The minimum absolute atomic E-state index is 0.115. The fraction of sp³-hybridized carbons (Fsp3) is 0.0769. The normalized spacial score (nSPS) is 10.8. The van der Waals surface area contributed by atoms with Crippen LogP contribution in [0.4, 0.5) is 13.2 Å². The molecular weight excluding hydrogens is 273 g/mol. The topological polar surface area (TPSA) is 81.0 Å². The molecule has 0 radical (unpaired) electrons. The van der Waals surface area contributed by atoms with Crippen LogP contribution < -0.4 is 0 Å². The Hall–Kier alpha value is -2.93. The lowest BCUT2D eigenvalue weighted by Gasteiger charge is -2.12. The quantitative estimate of drug-likeness (QED) is 0.866. The highest BCUT2D eigenvalue weighted by Crippen LogP contribution is 2.42. The highest BCUT2D eigenvalue weighted by molar-refractivity contribution is 5.70. The molecule has 0 unspecified atom stereocenters. The maximum Gasteiger partial charge on any atom is 0.420 e. The van der Waals surface area contributed by atoms with Gasteiger partial charge in [0.2, 0.25) is 5.76 Å². The van der Waals surface area contributed by atoms with Gasteiger partial charge in [-0.05, 0) is 24.3 Å². The van der Waals surface area contributed by atoms with E-state index in [0.29, 0.717) is 6.07 Å². The summed E-state index contributed by atoms with van der Waals surface area (Å²) in [5, 5.41) is 27.1. The van der Waals surface area contributed by atoms with Crippen LogP contribution in [0.2, 0.25) is 0 Å². The van der Waals surface area contributed by atoms with Gasteiger partial charge in [-0.1, -0.05) is 0 Å². The molecule has 100 valence electrons. The Morgan fingerprint density at radius 3 is 2.30 bits per heavy atom. The van der Waals surface area contributed by atoms with Crippen molar-refractivity contribution in [2.75, 3.05) is 0 Å². The zero-order valence-electron chi connectivity index (χ0n) is 9.69. The van der Waals surface area contributed by atoms with E-state index in [1.165, 1.54) is 12.1 Å². The number of hydrogen-bond donors (Lipinski definition) is 1. The first kappa shape index (κ1) is 13.5. The summed E-state index contributed by atoms with van der Waals surface area (Å²) >= 11 is 0. The molecule has 0 bridgehead atoms. The van der Waals surface area contributed by atoms with Crippen molar-refractivity contribution in [2.24, 2.45) is 0 Å². The smallest absolute Gasteiger partial charge is 0.420 e. The molecule has 0 saturated heterocycles. The molecular formula is C13H5F3N2O2. The van der Waals surface area contributed by atoms with Gasteiger partial charge < -0.3 is 9.52 Å². The average molecular weight is 278 g/mol. The largest absolute Gasteiger partial charge is 0.507 e. The molecule has 2 rings (SSSR count). The average Bonchev–Trinajstić information content (AvgIpc) is 2.86. The molecule has 0 fully saturated rings. The zero-order chi connectivity index (χ0) is 14.9. The van der Waals surface area contributed by atoms with Gasteiger partial charge in [0.25, 0.3) is 0 Å². The van der Waals surface area contributed by atoms with Crippen LogP contribution in [0.15, 0.2) is 28.7 Å². The number of aromatic hydroxyl groups is 1. The molecule has 1 aromatic carbocycles. The number of nitriles is 2. The van der Waals surface area contributed by atoms with Crippen molar-refractivity contribution in [2.45, 2.75) is 6.18 Å². The van der Waals surface area contributed by atoms with E-state index >= 15 is 0 Å². The lowest BCUT2D eigenvalue weighted by molar-refractivity contribution is -0.138. The van der Waals surface area contributed by atoms with Gasteiger partial charge in [0, 0.05) is 0 Å². The van der Waals surface area contributed by atoms with Crippen molar-refractivity contribution in [1.82, 2.24) is 0 Å². The van der Waals surface area contributed by atoms with E-state index in [-0.39, 0.29) is 22.6 Å². The molecule has 0 amide bonds. The molecule has 0 saturated carbocycles. The molecule has 2 aromatic rings. The standard InChI is InChI=1S/C13H5F3N2O2/c14-13(15,16)10-4-7(5-17)3-9(12(10)19)11-2-1-8(6-18)20-11/h1-4,19H. The minimum Gasteiger partial charge on any atom is -0.507 e. The number of nitrogens with zero attached hydrogens (tertiary/aromatic N) is 2. The predicted molar refractivity (Wildman–Crippen MR) is 60.2 cm³/mol. The van der Waals surface area contributed by atoms with Gasteiger partial charge in [0.15, 0.2) is 0 Å². The van der Waals surface area contributed by atoms with Gasteiger partial charge in [-0.25, -0.2) is 0 Å². The van der Waals surface area contributed by atoms with Crippen LogP contribution in [0.3, 0.4) is 0 Å². The summed E-state index contributed by atoms with van der Waals surface area (Å²) in [4.78, 5) is 0. The van der Waals surface area contributed by atoms with Crippen LogP contribution >= 0.6 is 0 Å². The first-order chi connectivity index (χ1) is 9.36. The van der Waals surface area contributed by atoms with E-state index < -0.39 is 17.5 Å². The summed E-state index contributed by atoms with van der Waals surface area (Å²) in [6, 6.07) is 7.36. The molecule has 1 N–H and O–H groups in total. The first-order valence-electron chi connectivity index (χ1n) is 5.21. The number of phenolic OH excluding ortho intramolecular Hbond substituents is 1. The van der Waals surface area contributed by atoms with Crippen molar-refractivity contribution < 1.29 is 22.7 Å². The molecule has 0 aliphatic carbocycles. The molecule has 1 aromatic heterocycles. The summed E-state index contributed by atoms with van der Waals surface area (Å²) in [5.74, 6) is -1.28. The Bertz CT molecular complexity index is 748. The monoisotopic (exact) mass is 278 g/mol. The molecule has 0 aliphatic heterocycles. The van der Waals surface area contributed by atoms with Gasteiger partial charge in [0.1, 0.15) is 17.6 Å². The second-order valence-electron chi connectivity index (χ2n) is 3.81. The number of furan rings is 1. The van der Waals surface area contributed by atoms with Crippen molar-refractivity contribution in [3.8, 4) is 29.2 Å². The Morgan fingerprint density at radius 2 is 1.80 bits per heavy atom. The summed E-state index contributed by atoms with van der Waals surface area (Å²) in [6.07, 6.45) is -4.81. The summed E-state index contributed by atoms with van der Waals surface area (Å²) in [6.45, 7) is 0. The fourth-order valence-electron chi connectivity index (χ4n) is 1.65. The summed E-state index contributed by atoms with van der Waals surface area (Å²) in [5.41, 5.74) is -1.90. The number of phenols is 1. The number of hydrogen-bond acceptors (Lipinski definition) is 4. The maximum atomic E-state index is 12.8. The van der Waals surface area contributed by atoms with Crippen molar-refractivity contribution >= 4 is 0 Å². The van der Waals surface area contributed by atoms with Crippen LogP contribution in [0, 0.1) is 22.7 Å². The molecule has 0 atom stereocenters. The predicted octanol–water partition coefficient (Wildman–Crippen LogP) is 3.41. The summed E-state index contributed by atoms with van der Waals surface area (Å²) in [7, 11) is 0. The lowest BCUT2D eigenvalue weighted by Crippen LogP contribution is -2.06. The minimum atomic E-state index is -4.81. The van der Waals surface area contributed by atoms with E-state index in [4.69, 9.17) is 14.9 Å². The Labute approximate surface area is 110 Å². The van der Waals surface area contributed by atoms with E-state index in [1.54, 1.807) is 12.1 Å². The van der Waals surface area contributed by atoms with Crippen molar-refractivity contribution in [3.63, 3.8) is 0 Å². The van der Waals surface area contributed by atoms with Gasteiger partial charge in [0.05, 0.1) is 22.8 Å². The summed E-state index contributed by atoms with van der Waals surface area (Å²) < 4.78 is 43.3. The first-order valence-corrected chi connectivity index (χ1v) is 5.21. The third-order valence-electron chi connectivity index (χ3n) is 2.53. The number of alkyl halides is 3. The van der Waals surface area contributed by atoms with E-state index in [1.807, 2.05) is 0 Å².